The van der Waals surface area contributed by atoms with E-state index >= 15 is 0 Å². The van der Waals surface area contributed by atoms with Crippen molar-refractivity contribution >= 4 is 17.5 Å². The molecule has 2 aromatic carbocycles. The zero-order valence-electron chi connectivity index (χ0n) is 19.5. The van der Waals surface area contributed by atoms with Crippen molar-refractivity contribution in [3.8, 4) is 5.75 Å². The number of benzene rings is 2. The molecule has 1 unspecified atom stereocenters. The Hall–Kier alpha value is -3.47. The second kappa shape index (κ2) is 10.9. The van der Waals surface area contributed by atoms with Crippen LogP contribution in [0.5, 0.6) is 5.75 Å². The van der Waals surface area contributed by atoms with Crippen molar-refractivity contribution in [3.63, 3.8) is 0 Å². The third-order valence-electron chi connectivity index (χ3n) is 6.43. The van der Waals surface area contributed by atoms with Crippen LogP contribution in [-0.4, -0.2) is 29.1 Å². The molecule has 0 aliphatic heterocycles. The van der Waals surface area contributed by atoms with Gasteiger partial charge < -0.3 is 10.4 Å². The van der Waals surface area contributed by atoms with E-state index in [2.05, 4.69) is 17.4 Å². The van der Waals surface area contributed by atoms with Crippen molar-refractivity contribution in [2.45, 2.75) is 46.5 Å². The Bertz CT molecular complexity index is 1110. The first-order valence-corrected chi connectivity index (χ1v) is 11.4. The Labute approximate surface area is 195 Å². The number of para-hydroxylation sites is 1. The lowest BCUT2D eigenvalue weighted by atomic mass is 9.76. The second-order valence-electron chi connectivity index (χ2n) is 8.58. The van der Waals surface area contributed by atoms with Gasteiger partial charge in [-0.2, -0.15) is 0 Å². The predicted molar refractivity (Wildman–Crippen MR) is 129 cm³/mol. The molecule has 5 heteroatoms. The highest BCUT2D eigenvalue weighted by atomic mass is 16.3. The predicted octanol–water partition coefficient (Wildman–Crippen LogP) is 4.96. The molecule has 3 rings (SSSR count). The number of hydrogen-bond donors (Lipinski definition) is 2. The van der Waals surface area contributed by atoms with Crippen LogP contribution in [-0.2, 0) is 16.0 Å². The Balaban J connectivity index is 1.71. The average molecular weight is 446 g/mol. The molecular formula is C28H31NO4. The minimum Gasteiger partial charge on any atom is -0.507 e. The van der Waals surface area contributed by atoms with E-state index in [1.807, 2.05) is 18.2 Å². The fourth-order valence-corrected chi connectivity index (χ4v) is 4.34. The lowest BCUT2D eigenvalue weighted by molar-refractivity contribution is -0.116. The molecule has 2 N–H and O–H groups in total. The van der Waals surface area contributed by atoms with Gasteiger partial charge in [0.2, 0.25) is 0 Å². The standard InChI is InChI=1S/C28H31NO4/c1-18-19(2)27(32)25(20(3)26(18)31)22(16-15-21-10-5-4-6-11-21)12-9-17-29-28(33)23-13-7-8-14-24(23)30/h4-8,10-11,13-14,22,30H,9,12,15-17H2,1-3H3,(H,29,33). The molecule has 1 atom stereocenters. The maximum Gasteiger partial charge on any atom is 0.255 e. The number of aryl methyl sites for hydroxylation is 1. The summed E-state index contributed by atoms with van der Waals surface area (Å²) >= 11 is 0. The molecule has 0 spiro atoms. The normalized spacial score (nSPS) is 15.1. The van der Waals surface area contributed by atoms with Gasteiger partial charge in [0, 0.05) is 28.8 Å². The molecule has 0 heterocycles. The summed E-state index contributed by atoms with van der Waals surface area (Å²) in [6, 6.07) is 16.5. The molecular weight excluding hydrogens is 414 g/mol. The molecule has 172 valence electrons. The van der Waals surface area contributed by atoms with Gasteiger partial charge in [0.1, 0.15) is 5.75 Å². The van der Waals surface area contributed by atoms with Crippen molar-refractivity contribution in [1.82, 2.24) is 5.32 Å². The summed E-state index contributed by atoms with van der Waals surface area (Å²) in [7, 11) is 0. The number of phenolic OH excluding ortho intramolecular Hbond substituents is 1. The highest BCUT2D eigenvalue weighted by Crippen LogP contribution is 2.33. The molecule has 1 amide bonds. The van der Waals surface area contributed by atoms with E-state index in [1.165, 1.54) is 11.6 Å². The van der Waals surface area contributed by atoms with Gasteiger partial charge in [-0.05, 0) is 70.1 Å². The molecule has 0 saturated carbocycles. The molecule has 1 aliphatic rings. The molecule has 0 aromatic heterocycles. The van der Waals surface area contributed by atoms with E-state index in [0.29, 0.717) is 41.7 Å². The Kier molecular flexibility index (Phi) is 7.99. The van der Waals surface area contributed by atoms with Gasteiger partial charge in [-0.1, -0.05) is 42.5 Å². The zero-order chi connectivity index (χ0) is 24.0. The minimum absolute atomic E-state index is 0.0408. The second-order valence-corrected chi connectivity index (χ2v) is 8.58. The number of amides is 1. The number of nitrogens with one attached hydrogen (secondary N) is 1. The van der Waals surface area contributed by atoms with Crippen LogP contribution in [0.25, 0.3) is 0 Å². The van der Waals surface area contributed by atoms with Gasteiger partial charge in [0.05, 0.1) is 5.56 Å². The number of Topliss-reactive ketones (excluding diaryl/α,β-unsaturated/α-hetero) is 2. The summed E-state index contributed by atoms with van der Waals surface area (Å²) in [6.45, 7) is 5.60. The highest BCUT2D eigenvalue weighted by Gasteiger charge is 2.32. The van der Waals surface area contributed by atoms with Crippen LogP contribution < -0.4 is 5.32 Å². The minimum atomic E-state index is -0.331. The molecule has 0 saturated heterocycles. The maximum absolute atomic E-state index is 13.1. The summed E-state index contributed by atoms with van der Waals surface area (Å²) in [5.74, 6) is -0.560. The summed E-state index contributed by atoms with van der Waals surface area (Å²) in [6.07, 6.45) is 2.87. The van der Waals surface area contributed by atoms with Crippen LogP contribution in [0.15, 0.2) is 76.9 Å². The van der Waals surface area contributed by atoms with Gasteiger partial charge in [-0.25, -0.2) is 0 Å². The third kappa shape index (κ3) is 5.67. The smallest absolute Gasteiger partial charge is 0.255 e. The van der Waals surface area contributed by atoms with Crippen LogP contribution in [0.4, 0.5) is 0 Å². The molecule has 0 fully saturated rings. The number of allylic oxidation sites excluding steroid dienone is 4. The summed E-state index contributed by atoms with van der Waals surface area (Å²) in [5.41, 5.74) is 3.63. The first kappa shape index (κ1) is 24.2. The molecule has 2 aromatic rings. The number of rotatable bonds is 9. The zero-order valence-corrected chi connectivity index (χ0v) is 19.5. The van der Waals surface area contributed by atoms with Crippen molar-refractivity contribution in [2.75, 3.05) is 6.54 Å². The fourth-order valence-electron chi connectivity index (χ4n) is 4.34. The lowest BCUT2D eigenvalue weighted by Crippen LogP contribution is -2.28. The third-order valence-corrected chi connectivity index (χ3v) is 6.43. The molecule has 0 radical (unpaired) electrons. The number of carbonyl (C=O) groups is 3. The Morgan fingerprint density at radius 2 is 1.48 bits per heavy atom. The van der Waals surface area contributed by atoms with Crippen molar-refractivity contribution in [3.05, 3.63) is 88.0 Å². The quantitative estimate of drug-likeness (QED) is 0.422. The van der Waals surface area contributed by atoms with Crippen molar-refractivity contribution in [2.24, 2.45) is 5.92 Å². The highest BCUT2D eigenvalue weighted by molar-refractivity contribution is 6.24. The van der Waals surface area contributed by atoms with Crippen LogP contribution in [0, 0.1) is 5.92 Å². The van der Waals surface area contributed by atoms with Gasteiger partial charge in [-0.15, -0.1) is 0 Å². The topological polar surface area (TPSA) is 83.5 Å². The molecule has 0 bridgehead atoms. The van der Waals surface area contributed by atoms with Gasteiger partial charge >= 0.3 is 0 Å². The maximum atomic E-state index is 13.1. The Morgan fingerprint density at radius 3 is 2.18 bits per heavy atom. The summed E-state index contributed by atoms with van der Waals surface area (Å²) in [4.78, 5) is 38.2. The Morgan fingerprint density at radius 1 is 0.848 bits per heavy atom. The largest absolute Gasteiger partial charge is 0.507 e. The molecule has 5 nitrogen and oxygen atoms in total. The van der Waals surface area contributed by atoms with Crippen LogP contribution in [0.1, 0.15) is 56.0 Å². The van der Waals surface area contributed by atoms with Crippen LogP contribution >= 0.6 is 0 Å². The number of carbonyl (C=O) groups excluding carboxylic acids is 3. The van der Waals surface area contributed by atoms with Crippen LogP contribution in [0.3, 0.4) is 0 Å². The van der Waals surface area contributed by atoms with E-state index in [-0.39, 0.29) is 34.7 Å². The van der Waals surface area contributed by atoms with E-state index in [9.17, 15) is 19.5 Å². The van der Waals surface area contributed by atoms with Gasteiger partial charge in [0.25, 0.3) is 5.91 Å². The number of ketones is 2. The summed E-state index contributed by atoms with van der Waals surface area (Å²) in [5, 5.41) is 12.7. The molecule has 1 aliphatic carbocycles. The molecule has 33 heavy (non-hydrogen) atoms. The number of hydrogen-bond acceptors (Lipinski definition) is 4. The average Bonchev–Trinajstić information content (AvgIpc) is 2.83. The van der Waals surface area contributed by atoms with Crippen molar-refractivity contribution in [1.29, 1.82) is 0 Å². The first-order chi connectivity index (χ1) is 15.8. The fraction of sp³-hybridized carbons (Fsp3) is 0.321. The van der Waals surface area contributed by atoms with E-state index < -0.39 is 0 Å². The van der Waals surface area contributed by atoms with E-state index in [1.54, 1.807) is 39.0 Å². The number of aromatic hydroxyl groups is 1. The van der Waals surface area contributed by atoms with Gasteiger partial charge in [-0.3, -0.25) is 14.4 Å². The van der Waals surface area contributed by atoms with Gasteiger partial charge in [0.15, 0.2) is 11.6 Å². The van der Waals surface area contributed by atoms with Crippen LogP contribution in [0.2, 0.25) is 0 Å². The summed E-state index contributed by atoms with van der Waals surface area (Å²) < 4.78 is 0. The first-order valence-electron chi connectivity index (χ1n) is 11.4. The lowest BCUT2D eigenvalue weighted by Gasteiger charge is -2.26. The van der Waals surface area contributed by atoms with Crippen molar-refractivity contribution < 1.29 is 19.5 Å². The number of phenols is 1. The SMILES string of the molecule is CC1=C(C)C(=O)C(C(CCCNC(=O)c2ccccc2O)CCc2ccccc2)=C(C)C1=O. The monoisotopic (exact) mass is 445 g/mol. The van der Waals surface area contributed by atoms with E-state index in [4.69, 9.17) is 0 Å². The van der Waals surface area contributed by atoms with E-state index in [0.717, 1.165) is 12.8 Å².